The van der Waals surface area contributed by atoms with Gasteiger partial charge in [-0.2, -0.15) is 0 Å². The van der Waals surface area contributed by atoms with Crippen LogP contribution in [-0.2, 0) is 13.1 Å². The molecule has 0 saturated heterocycles. The Hall–Kier alpha value is -3.27. The molecule has 0 unspecified atom stereocenters. The molecule has 2 N–H and O–H groups in total. The third kappa shape index (κ3) is 5.32. The fourth-order valence-corrected chi connectivity index (χ4v) is 5.75. The highest BCUT2D eigenvalue weighted by atomic mass is 35.5. The minimum atomic E-state index is -1.02. The lowest BCUT2D eigenvalue weighted by Gasteiger charge is -2.45. The van der Waals surface area contributed by atoms with Crippen molar-refractivity contribution < 1.29 is 28.6 Å². The van der Waals surface area contributed by atoms with Crippen LogP contribution in [0.25, 0.3) is 0 Å². The minimum Gasteiger partial charge on any atom is -0.497 e. The van der Waals surface area contributed by atoms with E-state index < -0.39 is 23.4 Å². The molecule has 1 saturated carbocycles. The number of pyridine rings is 1. The molecule has 11 heteroatoms. The first-order chi connectivity index (χ1) is 18.0. The number of benzene rings is 1. The third-order valence-corrected chi connectivity index (χ3v) is 7.48. The maximum absolute atomic E-state index is 15.8. The van der Waals surface area contributed by atoms with Crippen LogP contribution in [0.15, 0.2) is 18.2 Å². The number of amides is 2. The van der Waals surface area contributed by atoms with Crippen molar-refractivity contribution in [1.29, 1.82) is 0 Å². The average molecular weight is 549 g/mol. The summed E-state index contributed by atoms with van der Waals surface area (Å²) >= 11 is 6.44. The Kier molecular flexibility index (Phi) is 7.92. The number of nitrogens with zero attached hydrogens (tertiary/aromatic N) is 3. The summed E-state index contributed by atoms with van der Waals surface area (Å²) in [6.07, 6.45) is 2.04. The molecule has 2 aliphatic rings. The number of rotatable bonds is 7. The van der Waals surface area contributed by atoms with Crippen molar-refractivity contribution in [3.05, 3.63) is 45.9 Å². The number of halogens is 2. The predicted molar refractivity (Wildman–Crippen MR) is 142 cm³/mol. The Labute approximate surface area is 226 Å². The molecule has 1 aliphatic heterocycles. The van der Waals surface area contributed by atoms with E-state index in [1.165, 1.54) is 16.9 Å². The average Bonchev–Trinajstić information content (AvgIpc) is 3.19. The molecule has 2 aromatic rings. The second-order valence-corrected chi connectivity index (χ2v) is 11.0. The Morgan fingerprint density at radius 1 is 1.26 bits per heavy atom. The molecule has 1 aliphatic carbocycles. The quantitative estimate of drug-likeness (QED) is 0.437. The molecule has 206 valence electrons. The number of hydrogen-bond acceptors (Lipinski definition) is 6. The molecular formula is C27H34ClFN4O5. The number of nitrogens with one attached hydrogen (secondary N) is 1. The summed E-state index contributed by atoms with van der Waals surface area (Å²) in [5.41, 5.74) is 0.316. The van der Waals surface area contributed by atoms with Crippen LogP contribution >= 0.6 is 11.6 Å². The van der Waals surface area contributed by atoms with Crippen LogP contribution in [0, 0.1) is 5.82 Å². The van der Waals surface area contributed by atoms with Crippen molar-refractivity contribution in [2.75, 3.05) is 19.5 Å². The van der Waals surface area contributed by atoms with E-state index in [9.17, 15) is 14.7 Å². The summed E-state index contributed by atoms with van der Waals surface area (Å²) in [5.74, 6) is 0.0292. The van der Waals surface area contributed by atoms with Gasteiger partial charge in [0.25, 0.3) is 5.91 Å². The highest BCUT2D eigenvalue weighted by Crippen LogP contribution is 2.37. The van der Waals surface area contributed by atoms with E-state index in [2.05, 4.69) is 10.3 Å². The molecular weight excluding hydrogens is 515 g/mol. The summed E-state index contributed by atoms with van der Waals surface area (Å²) in [6.45, 7) is 5.73. The Morgan fingerprint density at radius 2 is 1.97 bits per heavy atom. The molecule has 1 aromatic heterocycles. The Bertz CT molecular complexity index is 1230. The zero-order chi connectivity index (χ0) is 27.8. The molecule has 2 heterocycles. The lowest BCUT2D eigenvalue weighted by atomic mass is 9.86. The molecule has 0 spiro atoms. The smallest absolute Gasteiger partial charge is 0.408 e. The lowest BCUT2D eigenvalue weighted by molar-refractivity contribution is 0.0519. The van der Waals surface area contributed by atoms with Crippen LogP contribution in [-0.4, -0.2) is 63.7 Å². The van der Waals surface area contributed by atoms with Crippen molar-refractivity contribution in [2.24, 2.45) is 0 Å². The van der Waals surface area contributed by atoms with E-state index in [1.54, 1.807) is 25.3 Å². The van der Waals surface area contributed by atoms with E-state index in [4.69, 9.17) is 21.1 Å². The van der Waals surface area contributed by atoms with Gasteiger partial charge in [-0.3, -0.25) is 9.69 Å². The standard InChI is InChI=1S/C27H34ClFN4O5/c1-27(2,3)33(26(35)36)19-9-7-6-8-18(19)30-24-22(29)17-14-32(25(34)21(17)23(28)31-24)13-15-10-11-16(37-4)12-20(15)38-5/h10-12,18-19H,6-9,13-14H2,1-5H3,(H,30,31)(H,35,36)/t18-,19+/m1/s1. The van der Waals surface area contributed by atoms with Gasteiger partial charge in [-0.25, -0.2) is 14.2 Å². The third-order valence-electron chi connectivity index (χ3n) is 7.21. The summed E-state index contributed by atoms with van der Waals surface area (Å²) < 4.78 is 26.5. The highest BCUT2D eigenvalue weighted by Gasteiger charge is 2.40. The van der Waals surface area contributed by atoms with Crippen molar-refractivity contribution in [3.8, 4) is 11.5 Å². The predicted octanol–water partition coefficient (Wildman–Crippen LogP) is 5.55. The molecule has 4 rings (SSSR count). The van der Waals surface area contributed by atoms with Crippen molar-refractivity contribution >= 4 is 29.4 Å². The van der Waals surface area contributed by atoms with Crippen molar-refractivity contribution in [1.82, 2.24) is 14.8 Å². The molecule has 38 heavy (non-hydrogen) atoms. The van der Waals surface area contributed by atoms with Gasteiger partial charge in [0.2, 0.25) is 0 Å². The molecule has 1 aromatic carbocycles. The fourth-order valence-electron chi connectivity index (χ4n) is 5.47. The zero-order valence-corrected chi connectivity index (χ0v) is 23.1. The number of methoxy groups -OCH3 is 2. The van der Waals surface area contributed by atoms with Crippen molar-refractivity contribution in [3.63, 3.8) is 0 Å². The van der Waals surface area contributed by atoms with Crippen LogP contribution in [0.3, 0.4) is 0 Å². The number of fused-ring (bicyclic) bond motifs is 1. The summed E-state index contributed by atoms with van der Waals surface area (Å²) in [7, 11) is 3.08. The maximum atomic E-state index is 15.8. The van der Waals surface area contributed by atoms with Gasteiger partial charge in [0, 0.05) is 35.3 Å². The number of carbonyl (C=O) groups excluding carboxylic acids is 1. The van der Waals surface area contributed by atoms with Gasteiger partial charge >= 0.3 is 6.09 Å². The number of carbonyl (C=O) groups is 2. The highest BCUT2D eigenvalue weighted by molar-refractivity contribution is 6.33. The maximum Gasteiger partial charge on any atom is 0.408 e. The van der Waals surface area contributed by atoms with Gasteiger partial charge in [-0.15, -0.1) is 0 Å². The molecule has 0 radical (unpaired) electrons. The summed E-state index contributed by atoms with van der Waals surface area (Å²) in [5, 5.41) is 13.0. The van der Waals surface area contributed by atoms with Gasteiger partial charge in [0.1, 0.15) is 16.7 Å². The zero-order valence-electron chi connectivity index (χ0n) is 22.3. The van der Waals surface area contributed by atoms with Gasteiger partial charge in [-0.1, -0.05) is 24.4 Å². The largest absolute Gasteiger partial charge is 0.497 e. The van der Waals surface area contributed by atoms with Crippen molar-refractivity contribution in [2.45, 2.75) is 77.2 Å². The number of anilines is 1. The van der Waals surface area contributed by atoms with Gasteiger partial charge < -0.3 is 24.8 Å². The van der Waals surface area contributed by atoms with E-state index in [0.29, 0.717) is 24.3 Å². The molecule has 9 nitrogen and oxygen atoms in total. The van der Waals surface area contributed by atoms with E-state index in [1.807, 2.05) is 20.8 Å². The minimum absolute atomic E-state index is 0.0173. The number of carboxylic acid groups (broad SMARTS) is 1. The monoisotopic (exact) mass is 548 g/mol. The molecule has 0 bridgehead atoms. The second kappa shape index (κ2) is 10.8. The summed E-state index contributed by atoms with van der Waals surface area (Å²) in [4.78, 5) is 32.5. The summed E-state index contributed by atoms with van der Waals surface area (Å²) in [6, 6.07) is 4.56. The number of ether oxygens (including phenoxy) is 2. The number of aromatic nitrogens is 1. The van der Waals surface area contributed by atoms with E-state index >= 15 is 4.39 Å². The van der Waals surface area contributed by atoms with Crippen LogP contribution in [0.2, 0.25) is 5.15 Å². The molecule has 2 atom stereocenters. The van der Waals surface area contributed by atoms with Crippen LogP contribution < -0.4 is 14.8 Å². The molecule has 2 amide bonds. The molecule has 1 fully saturated rings. The van der Waals surface area contributed by atoms with Crippen LogP contribution in [0.5, 0.6) is 11.5 Å². The van der Waals surface area contributed by atoms with Crippen LogP contribution in [0.4, 0.5) is 15.0 Å². The first-order valence-electron chi connectivity index (χ1n) is 12.6. The van der Waals surface area contributed by atoms with E-state index in [0.717, 1.165) is 18.4 Å². The number of hydrogen-bond donors (Lipinski definition) is 2. The topological polar surface area (TPSA) is 104 Å². The van der Waals surface area contributed by atoms with Gasteiger partial charge in [0.05, 0.1) is 32.4 Å². The van der Waals surface area contributed by atoms with Crippen LogP contribution in [0.1, 0.15) is 67.9 Å². The van der Waals surface area contributed by atoms with Gasteiger partial charge in [-0.05, 0) is 45.7 Å². The SMILES string of the molecule is COc1ccc(CN2Cc3c(F)c(N[C@@H]4CCCC[C@@H]4N(C(=O)O)C(C)(C)C)nc(Cl)c3C2=O)c(OC)c1. The second-order valence-electron chi connectivity index (χ2n) is 10.7. The van der Waals surface area contributed by atoms with Gasteiger partial charge in [0.15, 0.2) is 11.6 Å². The Balaban J connectivity index is 1.60. The first kappa shape index (κ1) is 27.8. The normalized spacial score (nSPS) is 19.2. The Morgan fingerprint density at radius 3 is 2.61 bits per heavy atom. The first-order valence-corrected chi connectivity index (χ1v) is 13.0. The van der Waals surface area contributed by atoms with E-state index in [-0.39, 0.29) is 47.3 Å². The fraction of sp³-hybridized carbons (Fsp3) is 0.519. The lowest BCUT2D eigenvalue weighted by Crippen LogP contribution is -2.58.